The average molecular weight is 260 g/mol. The number of rotatable bonds is 1. The normalized spacial score (nSPS) is 15.9. The van der Waals surface area contributed by atoms with Gasteiger partial charge in [0.15, 0.2) is 0 Å². The molecule has 3 nitrogen and oxygen atoms in total. The second-order valence-corrected chi connectivity index (χ2v) is 3.81. The van der Waals surface area contributed by atoms with E-state index in [0.717, 1.165) is 0 Å². The average Bonchev–Trinajstić information content (AvgIpc) is 2.49. The summed E-state index contributed by atoms with van der Waals surface area (Å²) in [6, 6.07) is 4.32. The summed E-state index contributed by atoms with van der Waals surface area (Å²) in [7, 11) is 0. The summed E-state index contributed by atoms with van der Waals surface area (Å²) in [4.78, 5) is 12.6. The molecule has 1 aromatic carbocycles. The fourth-order valence-corrected chi connectivity index (χ4v) is 1.78. The predicted octanol–water partition coefficient (Wildman–Crippen LogP) is 2.54. The lowest BCUT2D eigenvalue weighted by Crippen LogP contribution is -2.23. The van der Waals surface area contributed by atoms with Crippen LogP contribution < -0.4 is 4.90 Å². The maximum absolute atomic E-state index is 13.0. The van der Waals surface area contributed by atoms with Gasteiger partial charge in [-0.3, -0.25) is 4.90 Å². The van der Waals surface area contributed by atoms with Crippen molar-refractivity contribution < 1.29 is 13.9 Å². The summed E-state index contributed by atoms with van der Waals surface area (Å²) in [5, 5.41) is 0. The third-order valence-corrected chi connectivity index (χ3v) is 2.38. The minimum atomic E-state index is -0.428. The van der Waals surface area contributed by atoms with Gasteiger partial charge in [-0.15, -0.1) is 0 Å². The fourth-order valence-electron chi connectivity index (χ4n) is 1.32. The first-order chi connectivity index (χ1) is 6.66. The van der Waals surface area contributed by atoms with E-state index in [1.54, 1.807) is 6.07 Å². The molecule has 74 valence electrons. The summed E-state index contributed by atoms with van der Waals surface area (Å²) >= 11 is 3.16. The molecule has 0 spiro atoms. The lowest BCUT2D eigenvalue weighted by Gasteiger charge is -2.12. The number of nitrogens with zero attached hydrogens (tertiary/aromatic N) is 1. The van der Waals surface area contributed by atoms with Crippen molar-refractivity contribution in [3.8, 4) is 0 Å². The minimum Gasteiger partial charge on any atom is -0.447 e. The van der Waals surface area contributed by atoms with Crippen molar-refractivity contribution in [2.75, 3.05) is 18.1 Å². The molecule has 0 N–H and O–H groups in total. The van der Waals surface area contributed by atoms with Crippen LogP contribution in [0.5, 0.6) is 0 Å². The Balaban J connectivity index is 2.35. The van der Waals surface area contributed by atoms with E-state index < -0.39 is 6.09 Å². The first-order valence-electron chi connectivity index (χ1n) is 4.07. The first-order valence-corrected chi connectivity index (χ1v) is 4.86. The SMILES string of the molecule is O=C1OCCN1c1cc(F)cc(Br)c1. The summed E-state index contributed by atoms with van der Waals surface area (Å²) < 4.78 is 18.4. The number of halogens is 2. The Hall–Kier alpha value is -1.10. The van der Waals surface area contributed by atoms with Gasteiger partial charge in [0.05, 0.1) is 12.2 Å². The lowest BCUT2D eigenvalue weighted by molar-refractivity contribution is 0.181. The highest BCUT2D eigenvalue weighted by molar-refractivity contribution is 9.10. The molecule has 1 aliphatic heterocycles. The van der Waals surface area contributed by atoms with E-state index >= 15 is 0 Å². The summed E-state index contributed by atoms with van der Waals surface area (Å²) in [6.45, 7) is 0.821. The Morgan fingerprint density at radius 1 is 1.43 bits per heavy atom. The largest absolute Gasteiger partial charge is 0.447 e. The van der Waals surface area contributed by atoms with Crippen LogP contribution in [0.15, 0.2) is 22.7 Å². The molecule has 0 saturated carbocycles. The zero-order valence-corrected chi connectivity index (χ0v) is 8.75. The molecule has 1 heterocycles. The maximum atomic E-state index is 13.0. The van der Waals surface area contributed by atoms with Crippen LogP contribution in [-0.4, -0.2) is 19.2 Å². The van der Waals surface area contributed by atoms with Gasteiger partial charge in [-0.2, -0.15) is 0 Å². The van der Waals surface area contributed by atoms with Gasteiger partial charge in [0.25, 0.3) is 0 Å². The molecule has 0 atom stereocenters. The molecule has 2 rings (SSSR count). The van der Waals surface area contributed by atoms with Gasteiger partial charge < -0.3 is 4.74 Å². The van der Waals surface area contributed by atoms with Crippen molar-refractivity contribution in [1.82, 2.24) is 0 Å². The summed E-state index contributed by atoms with van der Waals surface area (Å²) in [5.74, 6) is -0.380. The van der Waals surface area contributed by atoms with E-state index in [0.29, 0.717) is 23.3 Å². The molecule has 1 saturated heterocycles. The van der Waals surface area contributed by atoms with E-state index in [9.17, 15) is 9.18 Å². The highest BCUT2D eigenvalue weighted by Crippen LogP contribution is 2.24. The Labute approximate surface area is 88.6 Å². The Morgan fingerprint density at radius 3 is 2.79 bits per heavy atom. The van der Waals surface area contributed by atoms with Crippen LogP contribution in [0.4, 0.5) is 14.9 Å². The summed E-state index contributed by atoms with van der Waals surface area (Å²) in [5.41, 5.74) is 0.513. The van der Waals surface area contributed by atoms with Gasteiger partial charge in [0.1, 0.15) is 12.4 Å². The number of benzene rings is 1. The molecule has 0 aromatic heterocycles. The van der Waals surface area contributed by atoms with Crippen molar-refractivity contribution in [3.05, 3.63) is 28.5 Å². The van der Waals surface area contributed by atoms with Crippen LogP contribution in [0.3, 0.4) is 0 Å². The van der Waals surface area contributed by atoms with E-state index in [-0.39, 0.29) is 5.82 Å². The molecule has 0 radical (unpaired) electrons. The number of hydrogen-bond acceptors (Lipinski definition) is 2. The molecule has 0 aliphatic carbocycles. The van der Waals surface area contributed by atoms with E-state index in [1.165, 1.54) is 17.0 Å². The van der Waals surface area contributed by atoms with Gasteiger partial charge in [0.2, 0.25) is 0 Å². The minimum absolute atomic E-state index is 0.354. The van der Waals surface area contributed by atoms with Crippen LogP contribution in [0.1, 0.15) is 0 Å². The standard InChI is InChI=1S/C9H7BrFNO2/c10-6-3-7(11)5-8(4-6)12-1-2-14-9(12)13/h3-5H,1-2H2. The highest BCUT2D eigenvalue weighted by atomic mass is 79.9. The van der Waals surface area contributed by atoms with Crippen LogP contribution in [0.2, 0.25) is 0 Å². The molecule has 0 unspecified atom stereocenters. The van der Waals surface area contributed by atoms with Gasteiger partial charge in [-0.25, -0.2) is 9.18 Å². The number of ether oxygens (including phenoxy) is 1. The zero-order chi connectivity index (χ0) is 10.1. The second kappa shape index (κ2) is 3.57. The number of hydrogen-bond donors (Lipinski definition) is 0. The number of amides is 1. The molecule has 0 bridgehead atoms. The number of anilines is 1. The van der Waals surface area contributed by atoms with Crippen LogP contribution in [-0.2, 0) is 4.74 Å². The maximum Gasteiger partial charge on any atom is 0.414 e. The van der Waals surface area contributed by atoms with Crippen molar-refractivity contribution in [2.45, 2.75) is 0 Å². The smallest absolute Gasteiger partial charge is 0.414 e. The zero-order valence-electron chi connectivity index (χ0n) is 7.17. The molecule has 14 heavy (non-hydrogen) atoms. The quantitative estimate of drug-likeness (QED) is 0.776. The van der Waals surface area contributed by atoms with Crippen molar-refractivity contribution >= 4 is 27.7 Å². The highest BCUT2D eigenvalue weighted by Gasteiger charge is 2.23. The lowest BCUT2D eigenvalue weighted by atomic mass is 10.3. The van der Waals surface area contributed by atoms with Gasteiger partial charge in [-0.05, 0) is 18.2 Å². The molecule has 1 amide bonds. The predicted molar refractivity (Wildman–Crippen MR) is 52.8 cm³/mol. The number of carbonyl (C=O) groups is 1. The van der Waals surface area contributed by atoms with Crippen molar-refractivity contribution in [1.29, 1.82) is 0 Å². The van der Waals surface area contributed by atoms with Gasteiger partial charge >= 0.3 is 6.09 Å². The number of carbonyl (C=O) groups excluding carboxylic acids is 1. The van der Waals surface area contributed by atoms with Gasteiger partial charge in [0, 0.05) is 4.47 Å². The number of cyclic esters (lactones) is 1. The molecule has 1 aliphatic rings. The van der Waals surface area contributed by atoms with Crippen LogP contribution >= 0.6 is 15.9 Å². The van der Waals surface area contributed by atoms with Crippen molar-refractivity contribution in [3.63, 3.8) is 0 Å². The molecular formula is C9H7BrFNO2. The Bertz CT molecular complexity index is 363. The topological polar surface area (TPSA) is 29.5 Å². The molecule has 1 fully saturated rings. The van der Waals surface area contributed by atoms with E-state index in [2.05, 4.69) is 15.9 Å². The van der Waals surface area contributed by atoms with Crippen LogP contribution in [0.25, 0.3) is 0 Å². The Kier molecular flexibility index (Phi) is 2.41. The molecule has 5 heteroatoms. The fraction of sp³-hybridized carbons (Fsp3) is 0.222. The Morgan fingerprint density at radius 2 is 2.21 bits per heavy atom. The summed E-state index contributed by atoms with van der Waals surface area (Å²) in [6.07, 6.45) is -0.428. The van der Waals surface area contributed by atoms with Gasteiger partial charge in [-0.1, -0.05) is 15.9 Å². The van der Waals surface area contributed by atoms with Crippen molar-refractivity contribution in [2.24, 2.45) is 0 Å². The second-order valence-electron chi connectivity index (χ2n) is 2.89. The van der Waals surface area contributed by atoms with E-state index in [4.69, 9.17) is 4.74 Å². The molecular weight excluding hydrogens is 253 g/mol. The third kappa shape index (κ3) is 1.72. The first kappa shape index (κ1) is 9.45. The monoisotopic (exact) mass is 259 g/mol. The van der Waals surface area contributed by atoms with E-state index in [1.807, 2.05) is 0 Å². The third-order valence-electron chi connectivity index (χ3n) is 1.92. The van der Waals surface area contributed by atoms with Crippen LogP contribution in [0, 0.1) is 5.82 Å². The molecule has 1 aromatic rings.